The number of ether oxygens (including phenoxy) is 1. The normalized spacial score (nSPS) is 11.0. The Hall–Kier alpha value is -3.02. The molecule has 3 N–H and O–H groups in total. The summed E-state index contributed by atoms with van der Waals surface area (Å²) in [6, 6.07) is 15.7. The Bertz CT molecular complexity index is 757. The van der Waals surface area contributed by atoms with Crippen LogP contribution in [0.4, 0.5) is 5.69 Å². The maximum absolute atomic E-state index is 11.6. The molecule has 0 aliphatic rings. The quantitative estimate of drug-likeness (QED) is 0.494. The second-order valence-corrected chi connectivity index (χ2v) is 6.09. The third-order valence-electron chi connectivity index (χ3n) is 4.04. The maximum atomic E-state index is 11.6. The molecule has 0 radical (unpaired) electrons. The maximum Gasteiger partial charge on any atom is 0.224 e. The van der Waals surface area contributed by atoms with Crippen molar-refractivity contribution in [3.8, 4) is 5.75 Å². The van der Waals surface area contributed by atoms with Gasteiger partial charge in [0.25, 0.3) is 0 Å². The summed E-state index contributed by atoms with van der Waals surface area (Å²) < 4.78 is 5.36. The van der Waals surface area contributed by atoms with Gasteiger partial charge in [-0.05, 0) is 30.2 Å². The lowest BCUT2D eigenvalue weighted by molar-refractivity contribution is -0.116. The molecule has 2 rings (SSSR count). The predicted molar refractivity (Wildman–Crippen MR) is 110 cm³/mol. The van der Waals surface area contributed by atoms with Crippen molar-refractivity contribution in [2.45, 2.75) is 32.9 Å². The number of carbonyl (C=O) groups excluding carboxylic acids is 1. The second-order valence-electron chi connectivity index (χ2n) is 6.09. The average Bonchev–Trinajstić information content (AvgIpc) is 2.69. The molecule has 0 aliphatic carbocycles. The Kier molecular flexibility index (Phi) is 8.16. The summed E-state index contributed by atoms with van der Waals surface area (Å²) in [5.74, 6) is 1.60. The lowest BCUT2D eigenvalue weighted by Gasteiger charge is -2.14. The van der Waals surface area contributed by atoms with Crippen LogP contribution < -0.4 is 20.7 Å². The second kappa shape index (κ2) is 10.9. The highest BCUT2D eigenvalue weighted by atomic mass is 16.5. The molecule has 0 heterocycles. The number of hydrogen-bond acceptors (Lipinski definition) is 3. The molecule has 2 aromatic carbocycles. The monoisotopic (exact) mass is 368 g/mol. The number of methoxy groups -OCH3 is 1. The lowest BCUT2D eigenvalue weighted by Crippen LogP contribution is -2.36. The highest BCUT2D eigenvalue weighted by Gasteiger charge is 2.04. The van der Waals surface area contributed by atoms with Gasteiger partial charge in [0.15, 0.2) is 5.96 Å². The van der Waals surface area contributed by atoms with Crippen LogP contribution in [0.1, 0.15) is 30.9 Å². The molecule has 0 fully saturated rings. The molecule has 6 nitrogen and oxygen atoms in total. The van der Waals surface area contributed by atoms with E-state index in [1.54, 1.807) is 14.2 Å². The summed E-state index contributed by atoms with van der Waals surface area (Å²) in [4.78, 5) is 15.9. The van der Waals surface area contributed by atoms with Gasteiger partial charge in [0.05, 0.1) is 7.11 Å². The van der Waals surface area contributed by atoms with Crippen molar-refractivity contribution in [2.24, 2.45) is 4.99 Å². The minimum atomic E-state index is 0.0457. The molecule has 0 aliphatic heterocycles. The van der Waals surface area contributed by atoms with Crippen LogP contribution in [0.3, 0.4) is 0 Å². The van der Waals surface area contributed by atoms with E-state index in [0.717, 1.165) is 29.0 Å². The van der Waals surface area contributed by atoms with Gasteiger partial charge in [-0.15, -0.1) is 0 Å². The van der Waals surface area contributed by atoms with Crippen LogP contribution in [-0.4, -0.2) is 26.0 Å². The molecule has 144 valence electrons. The van der Waals surface area contributed by atoms with Crippen molar-refractivity contribution in [3.63, 3.8) is 0 Å². The fourth-order valence-corrected chi connectivity index (χ4v) is 2.59. The fourth-order valence-electron chi connectivity index (χ4n) is 2.59. The number of nitrogens with zero attached hydrogens (tertiary/aromatic N) is 1. The molecule has 0 saturated heterocycles. The van der Waals surface area contributed by atoms with Gasteiger partial charge in [0.2, 0.25) is 5.91 Å². The Balaban J connectivity index is 1.84. The summed E-state index contributed by atoms with van der Waals surface area (Å²) in [6.45, 7) is 3.24. The predicted octanol–water partition coefficient (Wildman–Crippen LogP) is 3.30. The molecule has 0 bridgehead atoms. The first-order valence-electron chi connectivity index (χ1n) is 9.11. The number of rotatable bonds is 8. The van der Waals surface area contributed by atoms with Gasteiger partial charge in [-0.2, -0.15) is 0 Å². The molecule has 1 amide bonds. The summed E-state index contributed by atoms with van der Waals surface area (Å²) in [6.07, 6.45) is 1.38. The third kappa shape index (κ3) is 6.66. The van der Waals surface area contributed by atoms with Crippen molar-refractivity contribution in [1.82, 2.24) is 10.6 Å². The highest BCUT2D eigenvalue weighted by Crippen LogP contribution is 2.16. The number of carbonyl (C=O) groups is 1. The Morgan fingerprint density at radius 2 is 1.74 bits per heavy atom. The minimum absolute atomic E-state index is 0.0457. The summed E-state index contributed by atoms with van der Waals surface area (Å²) >= 11 is 0. The van der Waals surface area contributed by atoms with E-state index < -0.39 is 0 Å². The number of guanidine groups is 1. The number of nitrogens with one attached hydrogen (secondary N) is 3. The fraction of sp³-hybridized carbons (Fsp3) is 0.333. The van der Waals surface area contributed by atoms with Gasteiger partial charge >= 0.3 is 0 Å². The van der Waals surface area contributed by atoms with Crippen LogP contribution >= 0.6 is 0 Å². The zero-order chi connectivity index (χ0) is 19.5. The van der Waals surface area contributed by atoms with E-state index >= 15 is 0 Å². The largest absolute Gasteiger partial charge is 0.496 e. The van der Waals surface area contributed by atoms with E-state index in [2.05, 4.69) is 20.9 Å². The number of aliphatic imine (C=N–C) groups is 1. The van der Waals surface area contributed by atoms with Crippen LogP contribution in [0.25, 0.3) is 0 Å². The topological polar surface area (TPSA) is 74.8 Å². The summed E-state index contributed by atoms with van der Waals surface area (Å²) in [7, 11) is 3.41. The molecular formula is C21H28N4O2. The number of para-hydroxylation sites is 1. The van der Waals surface area contributed by atoms with Crippen LogP contribution in [0, 0.1) is 0 Å². The number of hydrogen-bond donors (Lipinski definition) is 3. The van der Waals surface area contributed by atoms with Crippen LogP contribution in [-0.2, 0) is 17.9 Å². The SMILES string of the molecule is CCCC(=O)Nc1ccc(CNC(=NC)NCc2ccccc2OC)cc1. The molecule has 0 spiro atoms. The number of benzene rings is 2. The third-order valence-corrected chi connectivity index (χ3v) is 4.04. The van der Waals surface area contributed by atoms with Gasteiger partial charge in [-0.25, -0.2) is 0 Å². The van der Waals surface area contributed by atoms with Crippen molar-refractivity contribution in [1.29, 1.82) is 0 Å². The minimum Gasteiger partial charge on any atom is -0.496 e. The van der Waals surface area contributed by atoms with Gasteiger partial charge in [-0.1, -0.05) is 37.3 Å². The standard InChI is InChI=1S/C21H28N4O2/c1-4-7-20(26)25-18-12-10-16(11-13-18)14-23-21(22-2)24-15-17-8-5-6-9-19(17)27-3/h5-6,8-13H,4,7,14-15H2,1-3H3,(H,25,26)(H2,22,23,24). The van der Waals surface area contributed by atoms with E-state index in [1.807, 2.05) is 55.5 Å². The first kappa shape index (κ1) is 20.3. The van der Waals surface area contributed by atoms with E-state index in [0.29, 0.717) is 25.5 Å². The van der Waals surface area contributed by atoms with Crippen LogP contribution in [0.15, 0.2) is 53.5 Å². The zero-order valence-electron chi connectivity index (χ0n) is 16.2. The van der Waals surface area contributed by atoms with Crippen LogP contribution in [0.5, 0.6) is 5.75 Å². The van der Waals surface area contributed by atoms with E-state index in [9.17, 15) is 4.79 Å². The van der Waals surface area contributed by atoms with E-state index in [-0.39, 0.29) is 5.91 Å². The smallest absolute Gasteiger partial charge is 0.224 e. The molecular weight excluding hydrogens is 340 g/mol. The lowest BCUT2D eigenvalue weighted by atomic mass is 10.2. The molecule has 0 saturated carbocycles. The Labute approximate surface area is 161 Å². The van der Waals surface area contributed by atoms with Gasteiger partial charge in [0, 0.05) is 37.8 Å². The Morgan fingerprint density at radius 1 is 1.04 bits per heavy atom. The highest BCUT2D eigenvalue weighted by molar-refractivity contribution is 5.90. The molecule has 0 atom stereocenters. The molecule has 0 aromatic heterocycles. The van der Waals surface area contributed by atoms with Crippen molar-refractivity contribution in [2.75, 3.05) is 19.5 Å². The van der Waals surface area contributed by atoms with Crippen LogP contribution in [0.2, 0.25) is 0 Å². The molecule has 2 aromatic rings. The van der Waals surface area contributed by atoms with Crippen molar-refractivity contribution >= 4 is 17.6 Å². The number of amides is 1. The molecule has 27 heavy (non-hydrogen) atoms. The first-order chi connectivity index (χ1) is 13.2. The van der Waals surface area contributed by atoms with Crippen molar-refractivity contribution in [3.05, 3.63) is 59.7 Å². The average molecular weight is 368 g/mol. The Morgan fingerprint density at radius 3 is 2.41 bits per heavy atom. The number of anilines is 1. The van der Waals surface area contributed by atoms with Gasteiger partial charge < -0.3 is 20.7 Å². The van der Waals surface area contributed by atoms with Gasteiger partial charge in [0.1, 0.15) is 5.75 Å². The molecule has 6 heteroatoms. The van der Waals surface area contributed by atoms with E-state index in [4.69, 9.17) is 4.74 Å². The summed E-state index contributed by atoms with van der Waals surface area (Å²) in [5.41, 5.74) is 2.98. The van der Waals surface area contributed by atoms with E-state index in [1.165, 1.54) is 0 Å². The first-order valence-corrected chi connectivity index (χ1v) is 9.11. The molecule has 0 unspecified atom stereocenters. The van der Waals surface area contributed by atoms with Gasteiger partial charge in [-0.3, -0.25) is 9.79 Å². The summed E-state index contributed by atoms with van der Waals surface area (Å²) in [5, 5.41) is 9.46. The zero-order valence-corrected chi connectivity index (χ0v) is 16.2. The van der Waals surface area contributed by atoms with Crippen molar-refractivity contribution < 1.29 is 9.53 Å².